The molecule has 1 saturated carbocycles. The molecule has 132 valence electrons. The molecule has 4 rings (SSSR count). The third kappa shape index (κ3) is 2.62. The van der Waals surface area contributed by atoms with Crippen LogP contribution in [0.1, 0.15) is 49.7 Å². The summed E-state index contributed by atoms with van der Waals surface area (Å²) >= 11 is 0. The highest BCUT2D eigenvalue weighted by molar-refractivity contribution is 5.76. The van der Waals surface area contributed by atoms with Crippen LogP contribution < -0.4 is 11.1 Å². The van der Waals surface area contributed by atoms with Crippen LogP contribution >= 0.6 is 0 Å². The number of imidazole rings is 1. The number of nitriles is 1. The zero-order valence-corrected chi connectivity index (χ0v) is 14.3. The fourth-order valence-electron chi connectivity index (χ4n) is 3.31. The Morgan fingerprint density at radius 3 is 2.88 bits per heavy atom. The molecule has 2 heterocycles. The van der Waals surface area contributed by atoms with Gasteiger partial charge in [0.2, 0.25) is 0 Å². The van der Waals surface area contributed by atoms with Gasteiger partial charge in [0, 0.05) is 6.04 Å². The minimum absolute atomic E-state index is 0.131. The fraction of sp³-hybridized carbons (Fsp3) is 0.333. The predicted molar refractivity (Wildman–Crippen MR) is 95.8 cm³/mol. The molecule has 1 aromatic carbocycles. The van der Waals surface area contributed by atoms with Crippen LogP contribution in [0.25, 0.3) is 11.0 Å². The molecule has 1 atom stereocenters. The highest BCUT2D eigenvalue weighted by Gasteiger charge is 2.27. The van der Waals surface area contributed by atoms with E-state index in [0.29, 0.717) is 11.9 Å². The van der Waals surface area contributed by atoms with Crippen molar-refractivity contribution < 1.29 is 4.39 Å². The summed E-state index contributed by atoms with van der Waals surface area (Å²) in [4.78, 5) is 12.7. The number of nitrogen functional groups attached to an aromatic ring is 1. The second-order valence-corrected chi connectivity index (χ2v) is 6.52. The van der Waals surface area contributed by atoms with Crippen molar-refractivity contribution in [2.45, 2.75) is 38.3 Å². The van der Waals surface area contributed by atoms with Gasteiger partial charge in [-0.1, -0.05) is 0 Å². The van der Waals surface area contributed by atoms with E-state index >= 15 is 0 Å². The topological polar surface area (TPSA) is 105 Å². The molecular weight excluding hydrogens is 333 g/mol. The van der Waals surface area contributed by atoms with Crippen molar-refractivity contribution in [2.75, 3.05) is 11.1 Å². The van der Waals surface area contributed by atoms with Gasteiger partial charge in [-0.3, -0.25) is 0 Å². The molecule has 0 saturated heterocycles. The predicted octanol–water partition coefficient (Wildman–Crippen LogP) is 3.32. The van der Waals surface area contributed by atoms with Gasteiger partial charge in [0.15, 0.2) is 0 Å². The van der Waals surface area contributed by atoms with Crippen LogP contribution in [0, 0.1) is 17.1 Å². The van der Waals surface area contributed by atoms with Crippen molar-refractivity contribution in [2.24, 2.45) is 0 Å². The monoisotopic (exact) mass is 351 g/mol. The standard InChI is InChI=1S/C18H18FN7/c1-10(24-17-13(8-20)16(21)22-9-23-17)18-25-14-6-5-11(19)7-15(14)26(18)12-3-2-4-12/h5-7,9-10,12H,2-4H2,1H3,(H3,21,22,23,24). The lowest BCUT2D eigenvalue weighted by Gasteiger charge is -2.30. The van der Waals surface area contributed by atoms with Crippen molar-refractivity contribution in [3.8, 4) is 6.07 Å². The molecule has 8 heteroatoms. The third-order valence-corrected chi connectivity index (χ3v) is 4.85. The van der Waals surface area contributed by atoms with Gasteiger partial charge in [-0.05, 0) is 44.4 Å². The summed E-state index contributed by atoms with van der Waals surface area (Å²) < 4.78 is 15.9. The fourth-order valence-corrected chi connectivity index (χ4v) is 3.31. The van der Waals surface area contributed by atoms with Crippen LogP contribution in [0.3, 0.4) is 0 Å². The first-order valence-electron chi connectivity index (χ1n) is 8.53. The zero-order chi connectivity index (χ0) is 18.3. The van der Waals surface area contributed by atoms with Crippen molar-refractivity contribution in [3.63, 3.8) is 0 Å². The smallest absolute Gasteiger partial charge is 0.150 e. The Labute approximate surface area is 149 Å². The van der Waals surface area contributed by atoms with Gasteiger partial charge in [-0.15, -0.1) is 0 Å². The van der Waals surface area contributed by atoms with E-state index in [1.807, 2.05) is 13.0 Å². The number of fused-ring (bicyclic) bond motifs is 1. The SMILES string of the molecule is CC(Nc1ncnc(N)c1C#N)c1nc2ccc(F)cc2n1C1CCC1. The first-order chi connectivity index (χ1) is 12.6. The first-order valence-corrected chi connectivity index (χ1v) is 8.53. The number of aromatic nitrogens is 4. The molecule has 7 nitrogen and oxygen atoms in total. The molecule has 3 aromatic rings. The number of benzene rings is 1. The molecule has 1 fully saturated rings. The summed E-state index contributed by atoms with van der Waals surface area (Å²) in [7, 11) is 0. The molecule has 1 aliphatic rings. The Hall–Kier alpha value is -3.21. The molecule has 1 unspecified atom stereocenters. The minimum Gasteiger partial charge on any atom is -0.382 e. The summed E-state index contributed by atoms with van der Waals surface area (Å²) in [5.41, 5.74) is 7.51. The van der Waals surface area contributed by atoms with E-state index < -0.39 is 0 Å². The maximum atomic E-state index is 13.8. The van der Waals surface area contributed by atoms with Gasteiger partial charge in [0.1, 0.15) is 41.2 Å². The Balaban J connectivity index is 1.77. The lowest BCUT2D eigenvalue weighted by molar-refractivity contribution is 0.311. The number of hydrogen-bond acceptors (Lipinski definition) is 6. The average Bonchev–Trinajstić information content (AvgIpc) is 2.92. The summed E-state index contributed by atoms with van der Waals surface area (Å²) in [6.07, 6.45) is 4.56. The van der Waals surface area contributed by atoms with Crippen molar-refractivity contribution >= 4 is 22.7 Å². The number of nitrogens with zero attached hydrogens (tertiary/aromatic N) is 5. The molecule has 3 N–H and O–H groups in total. The third-order valence-electron chi connectivity index (χ3n) is 4.85. The van der Waals surface area contributed by atoms with E-state index in [1.165, 1.54) is 18.5 Å². The number of anilines is 2. The van der Waals surface area contributed by atoms with E-state index in [1.54, 1.807) is 6.07 Å². The maximum Gasteiger partial charge on any atom is 0.150 e. The summed E-state index contributed by atoms with van der Waals surface area (Å²) in [6.45, 7) is 1.94. The van der Waals surface area contributed by atoms with Gasteiger partial charge in [-0.2, -0.15) is 5.26 Å². The molecule has 0 bridgehead atoms. The lowest BCUT2D eigenvalue weighted by atomic mass is 9.92. The average molecular weight is 351 g/mol. The Morgan fingerprint density at radius 1 is 1.38 bits per heavy atom. The van der Waals surface area contributed by atoms with Crippen LogP contribution in [0.4, 0.5) is 16.0 Å². The van der Waals surface area contributed by atoms with Crippen LogP contribution in [0.5, 0.6) is 0 Å². The van der Waals surface area contributed by atoms with Crippen molar-refractivity contribution in [1.82, 2.24) is 19.5 Å². The zero-order valence-electron chi connectivity index (χ0n) is 14.3. The lowest BCUT2D eigenvalue weighted by Crippen LogP contribution is -2.23. The van der Waals surface area contributed by atoms with Gasteiger partial charge < -0.3 is 15.6 Å². The van der Waals surface area contributed by atoms with Gasteiger partial charge in [0.05, 0.1) is 17.1 Å². The van der Waals surface area contributed by atoms with Crippen LogP contribution in [-0.2, 0) is 0 Å². The second kappa shape index (κ2) is 6.26. The number of hydrogen-bond donors (Lipinski definition) is 2. The molecule has 0 amide bonds. The Kier molecular flexibility index (Phi) is 3.92. The van der Waals surface area contributed by atoms with E-state index in [4.69, 9.17) is 10.7 Å². The molecule has 0 aliphatic heterocycles. The summed E-state index contributed by atoms with van der Waals surface area (Å²) in [6, 6.07) is 6.73. The molecule has 26 heavy (non-hydrogen) atoms. The Bertz CT molecular complexity index is 1020. The molecule has 1 aliphatic carbocycles. The van der Waals surface area contributed by atoms with E-state index in [0.717, 1.165) is 36.1 Å². The first kappa shape index (κ1) is 16.3. The molecule has 0 spiro atoms. The van der Waals surface area contributed by atoms with Crippen molar-refractivity contribution in [3.05, 3.63) is 41.7 Å². The van der Waals surface area contributed by atoms with E-state index in [9.17, 15) is 9.65 Å². The van der Waals surface area contributed by atoms with Gasteiger partial charge in [0.25, 0.3) is 0 Å². The number of rotatable bonds is 4. The summed E-state index contributed by atoms with van der Waals surface area (Å²) in [5, 5.41) is 12.5. The Morgan fingerprint density at radius 2 is 2.19 bits per heavy atom. The van der Waals surface area contributed by atoms with Gasteiger partial charge in [-0.25, -0.2) is 19.3 Å². The van der Waals surface area contributed by atoms with Crippen LogP contribution in [0.2, 0.25) is 0 Å². The largest absolute Gasteiger partial charge is 0.382 e. The quantitative estimate of drug-likeness (QED) is 0.747. The number of halogens is 1. The van der Waals surface area contributed by atoms with E-state index in [-0.39, 0.29) is 23.2 Å². The molecule has 2 aromatic heterocycles. The van der Waals surface area contributed by atoms with Crippen LogP contribution in [-0.4, -0.2) is 19.5 Å². The summed E-state index contributed by atoms with van der Waals surface area (Å²) in [5.74, 6) is 1.01. The minimum atomic E-state index is -0.277. The highest BCUT2D eigenvalue weighted by atomic mass is 19.1. The normalized spacial score (nSPS) is 15.4. The maximum absolute atomic E-state index is 13.8. The van der Waals surface area contributed by atoms with Crippen molar-refractivity contribution in [1.29, 1.82) is 5.26 Å². The molecule has 0 radical (unpaired) electrons. The van der Waals surface area contributed by atoms with Gasteiger partial charge >= 0.3 is 0 Å². The van der Waals surface area contributed by atoms with Crippen LogP contribution in [0.15, 0.2) is 24.5 Å². The number of nitrogens with one attached hydrogen (secondary N) is 1. The van der Waals surface area contributed by atoms with E-state index in [2.05, 4.69) is 19.9 Å². The second-order valence-electron chi connectivity index (χ2n) is 6.52. The number of nitrogens with two attached hydrogens (primary N) is 1. The molecular formula is C18H18FN7. The highest BCUT2D eigenvalue weighted by Crippen LogP contribution is 2.37.